The smallest absolute Gasteiger partial charge is 0.382 e. The number of nitrogens with one attached hydrogen (secondary N) is 1. The summed E-state index contributed by atoms with van der Waals surface area (Å²) in [5, 5.41) is 2.93. The topological polar surface area (TPSA) is 20.2 Å². The third-order valence-corrected chi connectivity index (χ3v) is 4.89. The van der Waals surface area contributed by atoms with Crippen molar-refractivity contribution in [1.29, 1.82) is 0 Å². The molecule has 0 saturated carbocycles. The monoisotopic (exact) mass is 355 g/mol. The third-order valence-electron chi connectivity index (χ3n) is 4.89. The first-order valence-electron chi connectivity index (χ1n) is 8.58. The first-order valence-corrected chi connectivity index (χ1v) is 8.58. The maximum Gasteiger partial charge on any atom is 0.406 e. The Kier molecular flexibility index (Phi) is 5.12. The molecule has 0 spiro atoms. The number of nitrogens with zero attached hydrogens (tertiary/aromatic N) is 2. The molecule has 0 aliphatic carbocycles. The Labute approximate surface area is 155 Å². The summed E-state index contributed by atoms with van der Waals surface area (Å²) < 4.78 is 39.9. The van der Waals surface area contributed by atoms with Gasteiger partial charge in [0.2, 0.25) is 0 Å². The minimum absolute atomic E-state index is 0.186. The van der Waals surface area contributed by atoms with Crippen molar-refractivity contribution in [2.45, 2.75) is 43.8 Å². The molecule has 132 valence electrons. The Morgan fingerprint density at radius 3 is 2.38 bits per heavy atom. The standard InChI is InChI=1S/C17H19B3F3N3/c1-11-9-13-14(3-2-4-15(13)26(11)10-16(21,22)23)24-12-5-7-25(8-6-12)17(18,19)20/h2-4,9,12,24H,5-8,10H2,1H3. The summed E-state index contributed by atoms with van der Waals surface area (Å²) >= 11 is 0. The van der Waals surface area contributed by atoms with E-state index in [2.05, 4.69) is 5.32 Å². The number of aryl methyl sites for hydroxylation is 1. The first kappa shape index (κ1) is 19.3. The van der Waals surface area contributed by atoms with Crippen LogP contribution in [-0.2, 0) is 6.54 Å². The molecule has 0 unspecified atom stereocenters. The van der Waals surface area contributed by atoms with Crippen molar-refractivity contribution in [3.63, 3.8) is 0 Å². The van der Waals surface area contributed by atoms with Crippen LogP contribution >= 0.6 is 0 Å². The zero-order chi connectivity index (χ0) is 19.1. The van der Waals surface area contributed by atoms with E-state index < -0.39 is 18.0 Å². The molecule has 1 aliphatic heterocycles. The molecule has 3 rings (SSSR count). The Bertz CT molecular complexity index is 775. The fraction of sp³-hybridized carbons (Fsp3) is 0.529. The number of rotatable bonds is 4. The highest BCUT2D eigenvalue weighted by Gasteiger charge is 2.30. The van der Waals surface area contributed by atoms with Crippen molar-refractivity contribution in [3.05, 3.63) is 30.0 Å². The second kappa shape index (κ2) is 6.91. The Morgan fingerprint density at radius 1 is 1.15 bits per heavy atom. The van der Waals surface area contributed by atoms with Crippen molar-refractivity contribution in [2.24, 2.45) is 0 Å². The largest absolute Gasteiger partial charge is 0.406 e. The lowest BCUT2D eigenvalue weighted by molar-refractivity contribution is -0.140. The van der Waals surface area contributed by atoms with Crippen LogP contribution < -0.4 is 5.32 Å². The molecule has 0 atom stereocenters. The van der Waals surface area contributed by atoms with Crippen LogP contribution in [0, 0.1) is 6.92 Å². The van der Waals surface area contributed by atoms with E-state index >= 15 is 0 Å². The SMILES string of the molecule is [B]C([B])([B])N1CCC(Nc2cccc3c2cc(C)n3CC(F)(F)F)CC1. The Balaban J connectivity index is 1.79. The molecule has 2 heterocycles. The minimum atomic E-state index is -4.26. The number of benzene rings is 1. The molecule has 1 saturated heterocycles. The highest BCUT2D eigenvalue weighted by atomic mass is 19.4. The molecule has 1 aromatic carbocycles. The molecule has 26 heavy (non-hydrogen) atoms. The molecule has 1 aromatic heterocycles. The first-order chi connectivity index (χ1) is 12.0. The normalized spacial score (nSPS) is 17.7. The summed E-state index contributed by atoms with van der Waals surface area (Å²) in [5.41, 5.74) is 2.00. The molecule has 9 heteroatoms. The van der Waals surface area contributed by atoms with Crippen molar-refractivity contribution in [2.75, 3.05) is 18.4 Å². The van der Waals surface area contributed by atoms with Crippen LogP contribution in [-0.4, -0.2) is 63.6 Å². The van der Waals surface area contributed by atoms with E-state index in [-0.39, 0.29) is 6.04 Å². The molecule has 6 radical (unpaired) electrons. The molecule has 0 bridgehead atoms. The van der Waals surface area contributed by atoms with Crippen LogP contribution in [0.15, 0.2) is 24.3 Å². The van der Waals surface area contributed by atoms with Gasteiger partial charge in [0, 0.05) is 22.8 Å². The van der Waals surface area contributed by atoms with E-state index in [1.165, 1.54) is 4.57 Å². The summed E-state index contributed by atoms with van der Waals surface area (Å²) in [6.45, 7) is 2.02. The number of anilines is 1. The number of likely N-dealkylation sites (tertiary alicyclic amines) is 1. The van der Waals surface area contributed by atoms with Crippen LogP contribution in [0.4, 0.5) is 18.9 Å². The summed E-state index contributed by atoms with van der Waals surface area (Å²) in [4.78, 5) is 1.82. The van der Waals surface area contributed by atoms with Gasteiger partial charge in [-0.25, -0.2) is 0 Å². The van der Waals surface area contributed by atoms with E-state index in [1.807, 2.05) is 11.0 Å². The predicted molar refractivity (Wildman–Crippen MR) is 101 cm³/mol. The second-order valence-electron chi connectivity index (χ2n) is 7.02. The number of hydrogen-bond donors (Lipinski definition) is 1. The zero-order valence-electron chi connectivity index (χ0n) is 14.7. The van der Waals surface area contributed by atoms with E-state index in [1.54, 1.807) is 25.1 Å². The number of aromatic nitrogens is 1. The number of fused-ring (bicyclic) bond motifs is 1. The molecule has 1 N–H and O–H groups in total. The van der Waals surface area contributed by atoms with Crippen LogP contribution in [0.3, 0.4) is 0 Å². The van der Waals surface area contributed by atoms with Gasteiger partial charge in [-0.3, -0.25) is 0 Å². The molecule has 1 aliphatic rings. The maximum atomic E-state index is 12.9. The zero-order valence-corrected chi connectivity index (χ0v) is 14.7. The van der Waals surface area contributed by atoms with Gasteiger partial charge in [0.1, 0.15) is 6.54 Å². The molecule has 2 aromatic rings. The van der Waals surface area contributed by atoms with Gasteiger partial charge in [-0.05, 0) is 51.1 Å². The maximum absolute atomic E-state index is 12.9. The number of piperidine rings is 1. The van der Waals surface area contributed by atoms with Crippen LogP contribution in [0.2, 0.25) is 0 Å². The van der Waals surface area contributed by atoms with Gasteiger partial charge in [-0.1, -0.05) is 11.3 Å². The van der Waals surface area contributed by atoms with Crippen molar-refractivity contribution in [3.8, 4) is 0 Å². The van der Waals surface area contributed by atoms with Gasteiger partial charge < -0.3 is 14.8 Å². The highest BCUT2D eigenvalue weighted by Crippen LogP contribution is 2.31. The summed E-state index contributed by atoms with van der Waals surface area (Å²) in [6.07, 6.45) is -2.66. The second-order valence-corrected chi connectivity index (χ2v) is 7.02. The van der Waals surface area contributed by atoms with E-state index in [9.17, 15) is 13.2 Å². The third kappa shape index (κ3) is 4.25. The van der Waals surface area contributed by atoms with Crippen LogP contribution in [0.1, 0.15) is 18.5 Å². The average Bonchev–Trinajstić information content (AvgIpc) is 2.83. The summed E-state index contributed by atoms with van der Waals surface area (Å²) in [6, 6.07) is 7.36. The highest BCUT2D eigenvalue weighted by molar-refractivity contribution is 6.59. The Morgan fingerprint density at radius 2 is 1.81 bits per heavy atom. The molecule has 0 amide bonds. The summed E-state index contributed by atoms with van der Waals surface area (Å²) in [7, 11) is 17.2. The van der Waals surface area contributed by atoms with Crippen LogP contribution in [0.5, 0.6) is 0 Å². The lowest BCUT2D eigenvalue weighted by Gasteiger charge is -2.42. The predicted octanol–water partition coefficient (Wildman–Crippen LogP) is 2.51. The van der Waals surface area contributed by atoms with Gasteiger partial charge >= 0.3 is 6.18 Å². The van der Waals surface area contributed by atoms with Crippen molar-refractivity contribution < 1.29 is 13.2 Å². The van der Waals surface area contributed by atoms with Gasteiger partial charge in [0.25, 0.3) is 0 Å². The van der Waals surface area contributed by atoms with E-state index in [4.69, 9.17) is 23.5 Å². The molecular weight excluding hydrogens is 336 g/mol. The molecule has 1 fully saturated rings. The van der Waals surface area contributed by atoms with Gasteiger partial charge in [0.05, 0.1) is 29.1 Å². The lowest BCUT2D eigenvalue weighted by atomic mass is 9.48. The fourth-order valence-electron chi connectivity index (χ4n) is 3.56. The average molecular weight is 355 g/mol. The number of alkyl halides is 3. The van der Waals surface area contributed by atoms with Gasteiger partial charge in [-0.2, -0.15) is 13.2 Å². The summed E-state index contributed by atoms with van der Waals surface area (Å²) in [5.74, 6) is 0. The molecule has 3 nitrogen and oxygen atoms in total. The van der Waals surface area contributed by atoms with Gasteiger partial charge in [0.15, 0.2) is 0 Å². The minimum Gasteiger partial charge on any atom is -0.382 e. The quantitative estimate of drug-likeness (QED) is 0.851. The van der Waals surface area contributed by atoms with E-state index in [0.29, 0.717) is 24.3 Å². The lowest BCUT2D eigenvalue weighted by Crippen LogP contribution is -2.55. The van der Waals surface area contributed by atoms with Crippen molar-refractivity contribution >= 4 is 40.1 Å². The van der Waals surface area contributed by atoms with Crippen molar-refractivity contribution in [1.82, 2.24) is 9.47 Å². The van der Waals surface area contributed by atoms with Crippen LogP contribution in [0.25, 0.3) is 10.9 Å². The van der Waals surface area contributed by atoms with Gasteiger partial charge in [-0.15, -0.1) is 0 Å². The molecular formula is C17H19B3F3N3. The number of halogens is 3. The fourth-order valence-corrected chi connectivity index (χ4v) is 3.56. The van der Waals surface area contributed by atoms with E-state index in [0.717, 1.165) is 23.9 Å². The Hall–Kier alpha value is -1.50. The number of hydrogen-bond acceptors (Lipinski definition) is 2.